The van der Waals surface area contributed by atoms with Gasteiger partial charge in [-0.3, -0.25) is 5.01 Å². The molecule has 3 aromatic rings. The van der Waals surface area contributed by atoms with E-state index in [-0.39, 0.29) is 0 Å². The minimum atomic E-state index is 1.07. The summed E-state index contributed by atoms with van der Waals surface area (Å²) in [7, 11) is 1.96. The SMILES string of the molecule is CN(/N=C\c1cccc2ccccc12)c1ccccc1. The highest BCUT2D eigenvalue weighted by molar-refractivity contribution is 5.99. The van der Waals surface area contributed by atoms with Gasteiger partial charge in [0.15, 0.2) is 0 Å². The third-order valence-electron chi connectivity index (χ3n) is 3.32. The number of hydrogen-bond acceptors (Lipinski definition) is 2. The van der Waals surface area contributed by atoms with Crippen LogP contribution in [0.2, 0.25) is 0 Å². The maximum atomic E-state index is 4.52. The Kier molecular flexibility index (Phi) is 3.46. The first kappa shape index (κ1) is 12.4. The van der Waals surface area contributed by atoms with Gasteiger partial charge in [-0.2, -0.15) is 5.10 Å². The molecule has 0 aliphatic heterocycles. The quantitative estimate of drug-likeness (QED) is 0.506. The van der Waals surface area contributed by atoms with Gasteiger partial charge in [-0.1, -0.05) is 60.7 Å². The van der Waals surface area contributed by atoms with Gasteiger partial charge in [0.1, 0.15) is 0 Å². The lowest BCUT2D eigenvalue weighted by atomic mass is 10.1. The summed E-state index contributed by atoms with van der Waals surface area (Å²) in [6, 6.07) is 24.7. The van der Waals surface area contributed by atoms with E-state index in [1.807, 2.05) is 48.6 Å². The molecule has 0 saturated carbocycles. The molecule has 0 spiro atoms. The molecule has 98 valence electrons. The fourth-order valence-corrected chi connectivity index (χ4v) is 2.22. The second-order valence-electron chi connectivity index (χ2n) is 4.67. The number of fused-ring (bicyclic) bond motifs is 1. The second kappa shape index (κ2) is 5.57. The molecule has 0 bridgehead atoms. The van der Waals surface area contributed by atoms with Crippen LogP contribution in [-0.2, 0) is 0 Å². The molecule has 0 radical (unpaired) electrons. The summed E-state index contributed by atoms with van der Waals surface area (Å²) in [6.45, 7) is 0. The third kappa shape index (κ3) is 2.54. The lowest BCUT2D eigenvalue weighted by molar-refractivity contribution is 1.02. The minimum absolute atomic E-state index is 1.07. The Hall–Kier alpha value is -2.61. The zero-order valence-corrected chi connectivity index (χ0v) is 11.4. The van der Waals surface area contributed by atoms with E-state index < -0.39 is 0 Å². The molecule has 2 heteroatoms. The Morgan fingerprint density at radius 1 is 0.800 bits per heavy atom. The van der Waals surface area contributed by atoms with Crippen LogP contribution in [-0.4, -0.2) is 13.3 Å². The number of benzene rings is 3. The van der Waals surface area contributed by atoms with Crippen LogP contribution in [0.3, 0.4) is 0 Å². The largest absolute Gasteiger partial charge is 0.269 e. The predicted octanol–water partition coefficient (Wildman–Crippen LogP) is 4.31. The Balaban J connectivity index is 1.91. The normalized spacial score (nSPS) is 11.1. The first-order chi connectivity index (χ1) is 9.84. The van der Waals surface area contributed by atoms with E-state index >= 15 is 0 Å². The molecular weight excluding hydrogens is 244 g/mol. The minimum Gasteiger partial charge on any atom is -0.269 e. The Bertz CT molecular complexity index is 727. The highest BCUT2D eigenvalue weighted by Crippen LogP contribution is 2.17. The van der Waals surface area contributed by atoms with Gasteiger partial charge < -0.3 is 0 Å². The van der Waals surface area contributed by atoms with Crippen LogP contribution in [0.4, 0.5) is 5.69 Å². The van der Waals surface area contributed by atoms with Crippen molar-refractivity contribution in [3.05, 3.63) is 78.4 Å². The van der Waals surface area contributed by atoms with Crippen molar-refractivity contribution >= 4 is 22.7 Å². The summed E-state index contributed by atoms with van der Waals surface area (Å²) in [6.07, 6.45) is 1.91. The lowest BCUT2D eigenvalue weighted by Crippen LogP contribution is -2.08. The Labute approximate surface area is 119 Å². The predicted molar refractivity (Wildman–Crippen MR) is 86.4 cm³/mol. The van der Waals surface area contributed by atoms with Gasteiger partial charge >= 0.3 is 0 Å². The van der Waals surface area contributed by atoms with Gasteiger partial charge in [0.25, 0.3) is 0 Å². The number of para-hydroxylation sites is 1. The van der Waals surface area contributed by atoms with Crippen LogP contribution in [0.15, 0.2) is 77.9 Å². The Morgan fingerprint density at radius 3 is 2.35 bits per heavy atom. The third-order valence-corrected chi connectivity index (χ3v) is 3.32. The van der Waals surface area contributed by atoms with Gasteiger partial charge in [-0.25, -0.2) is 0 Å². The molecule has 2 nitrogen and oxygen atoms in total. The van der Waals surface area contributed by atoms with E-state index in [0.717, 1.165) is 11.3 Å². The van der Waals surface area contributed by atoms with E-state index in [0.29, 0.717) is 0 Å². The van der Waals surface area contributed by atoms with Gasteiger partial charge in [-0.05, 0) is 22.9 Å². The molecule has 0 fully saturated rings. The highest BCUT2D eigenvalue weighted by Gasteiger charge is 1.99. The fraction of sp³-hybridized carbons (Fsp3) is 0.0556. The monoisotopic (exact) mass is 260 g/mol. The molecule has 0 N–H and O–H groups in total. The standard InChI is InChI=1S/C18H16N2/c1-20(17-11-3-2-4-12-17)19-14-16-10-7-9-15-8-5-6-13-18(15)16/h2-14H,1H3/b19-14-. The maximum Gasteiger partial charge on any atom is 0.0590 e. The number of anilines is 1. The molecule has 0 unspecified atom stereocenters. The smallest absolute Gasteiger partial charge is 0.0590 e. The highest BCUT2D eigenvalue weighted by atomic mass is 15.4. The number of rotatable bonds is 3. The van der Waals surface area contributed by atoms with E-state index in [9.17, 15) is 0 Å². The van der Waals surface area contributed by atoms with Crippen LogP contribution >= 0.6 is 0 Å². The van der Waals surface area contributed by atoms with Gasteiger partial charge in [-0.15, -0.1) is 0 Å². The van der Waals surface area contributed by atoms with Crippen LogP contribution in [0, 0.1) is 0 Å². The zero-order chi connectivity index (χ0) is 13.8. The summed E-state index contributed by atoms with van der Waals surface area (Å²) in [4.78, 5) is 0. The van der Waals surface area contributed by atoms with Crippen LogP contribution < -0.4 is 5.01 Å². The van der Waals surface area contributed by atoms with E-state index in [1.54, 1.807) is 0 Å². The lowest BCUT2D eigenvalue weighted by Gasteiger charge is -2.12. The first-order valence-corrected chi connectivity index (χ1v) is 6.65. The summed E-state index contributed by atoms with van der Waals surface area (Å²) in [5, 5.41) is 8.86. The van der Waals surface area contributed by atoms with E-state index in [2.05, 4.69) is 47.6 Å². The molecule has 0 heterocycles. The average molecular weight is 260 g/mol. The van der Waals surface area contributed by atoms with Crippen LogP contribution in [0.1, 0.15) is 5.56 Å². The summed E-state index contributed by atoms with van der Waals surface area (Å²) in [5.41, 5.74) is 2.20. The number of hydrazone groups is 1. The van der Waals surface area contributed by atoms with Crippen molar-refractivity contribution in [2.75, 3.05) is 12.1 Å². The number of hydrogen-bond donors (Lipinski definition) is 0. The van der Waals surface area contributed by atoms with Crippen molar-refractivity contribution in [2.24, 2.45) is 5.10 Å². The summed E-state index contributed by atoms with van der Waals surface area (Å²) >= 11 is 0. The topological polar surface area (TPSA) is 15.6 Å². The van der Waals surface area contributed by atoms with Crippen molar-refractivity contribution in [3.8, 4) is 0 Å². The molecule has 0 amide bonds. The molecule has 0 aliphatic rings. The van der Waals surface area contributed by atoms with Crippen molar-refractivity contribution < 1.29 is 0 Å². The fourth-order valence-electron chi connectivity index (χ4n) is 2.22. The summed E-state index contributed by atoms with van der Waals surface area (Å²) in [5.74, 6) is 0. The molecule has 3 rings (SSSR count). The van der Waals surface area contributed by atoms with Gasteiger partial charge in [0, 0.05) is 12.6 Å². The van der Waals surface area contributed by atoms with Crippen molar-refractivity contribution in [1.29, 1.82) is 0 Å². The second-order valence-corrected chi connectivity index (χ2v) is 4.67. The first-order valence-electron chi connectivity index (χ1n) is 6.65. The Morgan fingerprint density at radius 2 is 1.50 bits per heavy atom. The maximum absolute atomic E-state index is 4.52. The van der Waals surface area contributed by atoms with Crippen LogP contribution in [0.5, 0.6) is 0 Å². The molecule has 20 heavy (non-hydrogen) atoms. The molecule has 0 aliphatic carbocycles. The molecule has 0 saturated heterocycles. The van der Waals surface area contributed by atoms with Gasteiger partial charge in [0.05, 0.1) is 11.9 Å². The molecule has 3 aromatic carbocycles. The van der Waals surface area contributed by atoms with Crippen molar-refractivity contribution in [3.63, 3.8) is 0 Å². The summed E-state index contributed by atoms with van der Waals surface area (Å²) < 4.78 is 0. The average Bonchev–Trinajstić information content (AvgIpc) is 2.53. The number of nitrogens with zero attached hydrogens (tertiary/aromatic N) is 2. The van der Waals surface area contributed by atoms with E-state index in [4.69, 9.17) is 0 Å². The van der Waals surface area contributed by atoms with Crippen LogP contribution in [0.25, 0.3) is 10.8 Å². The van der Waals surface area contributed by atoms with Gasteiger partial charge in [0.2, 0.25) is 0 Å². The zero-order valence-electron chi connectivity index (χ0n) is 11.4. The molecule has 0 atom stereocenters. The van der Waals surface area contributed by atoms with Crippen molar-refractivity contribution in [2.45, 2.75) is 0 Å². The van der Waals surface area contributed by atoms with Crippen molar-refractivity contribution in [1.82, 2.24) is 0 Å². The van der Waals surface area contributed by atoms with E-state index in [1.165, 1.54) is 10.8 Å². The molecular formula is C18H16N2. The molecule has 0 aromatic heterocycles.